The Hall–Kier alpha value is -1.55. The maximum atomic E-state index is 12.3. The number of carbonyl (C=O) groups excluding carboxylic acids is 1. The van der Waals surface area contributed by atoms with Crippen LogP contribution < -0.4 is 0 Å². The molecular weight excluding hydrogens is 280 g/mol. The number of carbonyl (C=O) groups is 1. The summed E-state index contributed by atoms with van der Waals surface area (Å²) in [7, 11) is 0. The molecule has 1 fully saturated rings. The van der Waals surface area contributed by atoms with Gasteiger partial charge in [0.15, 0.2) is 0 Å². The molecular formula is C17H20N2OS. The second-order valence-corrected chi connectivity index (χ2v) is 6.70. The minimum Gasteiger partial charge on any atom is -0.342 e. The van der Waals surface area contributed by atoms with Crippen LogP contribution in [0, 0.1) is 5.92 Å². The van der Waals surface area contributed by atoms with E-state index in [2.05, 4.69) is 24.0 Å². The van der Waals surface area contributed by atoms with Gasteiger partial charge in [0.25, 0.3) is 0 Å². The van der Waals surface area contributed by atoms with Crippen molar-refractivity contribution in [2.75, 3.05) is 18.8 Å². The first-order chi connectivity index (χ1) is 10.2. The number of likely N-dealkylation sites (tertiary alicyclic amines) is 1. The molecule has 21 heavy (non-hydrogen) atoms. The number of hydrogen-bond acceptors (Lipinski definition) is 3. The molecule has 0 spiro atoms. The second-order valence-electron chi connectivity index (χ2n) is 5.68. The summed E-state index contributed by atoms with van der Waals surface area (Å²) in [5.41, 5.74) is 0.991. The van der Waals surface area contributed by atoms with Crippen LogP contribution in [-0.2, 0) is 4.79 Å². The molecule has 2 heterocycles. The van der Waals surface area contributed by atoms with Crippen LogP contribution in [0.25, 0.3) is 10.9 Å². The van der Waals surface area contributed by atoms with Gasteiger partial charge in [0.2, 0.25) is 5.91 Å². The molecule has 4 heteroatoms. The number of piperidine rings is 1. The smallest absolute Gasteiger partial charge is 0.232 e. The van der Waals surface area contributed by atoms with E-state index in [4.69, 9.17) is 0 Å². The zero-order valence-electron chi connectivity index (χ0n) is 12.3. The van der Waals surface area contributed by atoms with E-state index in [0.29, 0.717) is 5.75 Å². The van der Waals surface area contributed by atoms with Crippen molar-refractivity contribution in [1.82, 2.24) is 9.88 Å². The zero-order chi connectivity index (χ0) is 14.7. The van der Waals surface area contributed by atoms with Crippen LogP contribution >= 0.6 is 11.8 Å². The lowest BCUT2D eigenvalue weighted by atomic mass is 9.99. The van der Waals surface area contributed by atoms with Crippen molar-refractivity contribution in [2.24, 2.45) is 5.92 Å². The fourth-order valence-electron chi connectivity index (χ4n) is 2.68. The number of aromatic nitrogens is 1. The lowest BCUT2D eigenvalue weighted by Gasteiger charge is -2.30. The highest BCUT2D eigenvalue weighted by Crippen LogP contribution is 2.26. The number of fused-ring (bicyclic) bond motifs is 1. The highest BCUT2D eigenvalue weighted by molar-refractivity contribution is 8.00. The third kappa shape index (κ3) is 3.38. The Balaban J connectivity index is 1.65. The van der Waals surface area contributed by atoms with Gasteiger partial charge in [-0.1, -0.05) is 25.1 Å². The van der Waals surface area contributed by atoms with Crippen LogP contribution in [0.2, 0.25) is 0 Å². The predicted molar refractivity (Wildman–Crippen MR) is 87.4 cm³/mol. The third-order valence-corrected chi connectivity index (χ3v) is 5.11. The molecule has 2 aromatic rings. The van der Waals surface area contributed by atoms with Crippen molar-refractivity contribution in [3.8, 4) is 0 Å². The number of nitrogens with zero attached hydrogens (tertiary/aromatic N) is 2. The summed E-state index contributed by atoms with van der Waals surface area (Å²) in [6, 6.07) is 10.1. The van der Waals surface area contributed by atoms with Crippen LogP contribution in [0.1, 0.15) is 19.8 Å². The number of pyridine rings is 1. The van der Waals surface area contributed by atoms with E-state index >= 15 is 0 Å². The van der Waals surface area contributed by atoms with Crippen LogP contribution in [0.4, 0.5) is 0 Å². The zero-order valence-corrected chi connectivity index (χ0v) is 13.1. The topological polar surface area (TPSA) is 33.2 Å². The van der Waals surface area contributed by atoms with Crippen molar-refractivity contribution < 1.29 is 4.79 Å². The van der Waals surface area contributed by atoms with Gasteiger partial charge in [-0.05, 0) is 30.9 Å². The number of rotatable bonds is 3. The van der Waals surface area contributed by atoms with E-state index in [1.165, 1.54) is 0 Å². The van der Waals surface area contributed by atoms with E-state index in [0.717, 1.165) is 47.6 Å². The first kappa shape index (κ1) is 14.4. The van der Waals surface area contributed by atoms with Crippen LogP contribution in [0.15, 0.2) is 41.4 Å². The largest absolute Gasteiger partial charge is 0.342 e. The molecule has 0 aliphatic carbocycles. The standard InChI is InChI=1S/C17H20N2OS/c1-13-7-10-19(11-8-13)16(20)12-21-15-6-2-4-14-5-3-9-18-17(14)15/h2-6,9,13H,7-8,10-12H2,1H3. The second kappa shape index (κ2) is 6.48. The molecule has 110 valence electrons. The first-order valence-corrected chi connectivity index (χ1v) is 8.47. The average Bonchev–Trinajstić information content (AvgIpc) is 2.53. The number of para-hydroxylation sites is 1. The number of thioether (sulfide) groups is 1. The molecule has 1 saturated heterocycles. The van der Waals surface area contributed by atoms with Crippen molar-refractivity contribution in [3.63, 3.8) is 0 Å². The minimum atomic E-state index is 0.250. The van der Waals surface area contributed by atoms with E-state index in [1.807, 2.05) is 23.1 Å². The lowest BCUT2D eigenvalue weighted by molar-refractivity contribution is -0.129. The molecule has 3 nitrogen and oxygen atoms in total. The summed E-state index contributed by atoms with van der Waals surface area (Å²) in [5, 5.41) is 1.13. The van der Waals surface area contributed by atoms with Gasteiger partial charge in [-0.3, -0.25) is 9.78 Å². The molecule has 1 aliphatic rings. The highest BCUT2D eigenvalue weighted by atomic mass is 32.2. The van der Waals surface area contributed by atoms with E-state index in [-0.39, 0.29) is 5.91 Å². The molecule has 3 rings (SSSR count). The van der Waals surface area contributed by atoms with Crippen LogP contribution in [0.5, 0.6) is 0 Å². The quantitative estimate of drug-likeness (QED) is 0.812. The monoisotopic (exact) mass is 300 g/mol. The summed E-state index contributed by atoms with van der Waals surface area (Å²) in [4.78, 5) is 19.8. The van der Waals surface area contributed by atoms with Crippen LogP contribution in [0.3, 0.4) is 0 Å². The van der Waals surface area contributed by atoms with Gasteiger partial charge in [0, 0.05) is 29.6 Å². The Morgan fingerprint density at radius 3 is 2.86 bits per heavy atom. The fourth-order valence-corrected chi connectivity index (χ4v) is 3.63. The van der Waals surface area contributed by atoms with Gasteiger partial charge in [-0.2, -0.15) is 0 Å². The van der Waals surface area contributed by atoms with E-state index < -0.39 is 0 Å². The predicted octanol–water partition coefficient (Wildman–Crippen LogP) is 3.59. The Morgan fingerprint density at radius 1 is 1.29 bits per heavy atom. The average molecular weight is 300 g/mol. The molecule has 1 aliphatic heterocycles. The van der Waals surface area contributed by atoms with E-state index in [1.54, 1.807) is 18.0 Å². The summed E-state index contributed by atoms with van der Waals surface area (Å²) in [6.07, 6.45) is 4.07. The molecule has 0 unspecified atom stereocenters. The summed E-state index contributed by atoms with van der Waals surface area (Å²) in [5.74, 6) is 1.51. The summed E-state index contributed by atoms with van der Waals surface area (Å²) < 4.78 is 0. The minimum absolute atomic E-state index is 0.250. The maximum absolute atomic E-state index is 12.3. The third-order valence-electron chi connectivity index (χ3n) is 4.08. The Bertz CT molecular complexity index is 630. The number of amides is 1. The summed E-state index contributed by atoms with van der Waals surface area (Å²) >= 11 is 1.60. The molecule has 0 atom stereocenters. The van der Waals surface area contributed by atoms with Crippen molar-refractivity contribution >= 4 is 28.6 Å². The van der Waals surface area contributed by atoms with Gasteiger partial charge in [0.05, 0.1) is 11.3 Å². The molecule has 1 aromatic carbocycles. The first-order valence-electron chi connectivity index (χ1n) is 7.48. The van der Waals surface area contributed by atoms with Gasteiger partial charge in [0.1, 0.15) is 0 Å². The Morgan fingerprint density at radius 2 is 2.05 bits per heavy atom. The molecule has 1 amide bonds. The number of hydrogen-bond donors (Lipinski definition) is 0. The molecule has 0 N–H and O–H groups in total. The van der Waals surface area contributed by atoms with E-state index in [9.17, 15) is 4.79 Å². The van der Waals surface area contributed by atoms with Crippen molar-refractivity contribution in [3.05, 3.63) is 36.5 Å². The molecule has 1 aromatic heterocycles. The van der Waals surface area contributed by atoms with Crippen molar-refractivity contribution in [2.45, 2.75) is 24.7 Å². The molecule has 0 bridgehead atoms. The normalized spacial score (nSPS) is 16.3. The number of benzene rings is 1. The Labute approximate surface area is 129 Å². The highest BCUT2D eigenvalue weighted by Gasteiger charge is 2.20. The summed E-state index contributed by atoms with van der Waals surface area (Å²) in [6.45, 7) is 4.08. The van der Waals surface area contributed by atoms with Gasteiger partial charge >= 0.3 is 0 Å². The fraction of sp³-hybridized carbons (Fsp3) is 0.412. The maximum Gasteiger partial charge on any atom is 0.232 e. The Kier molecular flexibility index (Phi) is 4.44. The van der Waals surface area contributed by atoms with Gasteiger partial charge in [-0.15, -0.1) is 11.8 Å². The molecule has 0 saturated carbocycles. The van der Waals surface area contributed by atoms with Gasteiger partial charge < -0.3 is 4.90 Å². The van der Waals surface area contributed by atoms with Crippen LogP contribution in [-0.4, -0.2) is 34.6 Å². The van der Waals surface area contributed by atoms with Crippen molar-refractivity contribution in [1.29, 1.82) is 0 Å². The molecule has 0 radical (unpaired) electrons. The lowest BCUT2D eigenvalue weighted by Crippen LogP contribution is -2.38. The van der Waals surface area contributed by atoms with Gasteiger partial charge in [-0.25, -0.2) is 0 Å². The SMILES string of the molecule is CC1CCN(C(=O)CSc2cccc3cccnc23)CC1.